The second kappa shape index (κ2) is 5.85. The normalized spacial score (nSPS) is 12.5. The van der Waals surface area contributed by atoms with E-state index in [0.717, 1.165) is 22.5 Å². The molecule has 0 bridgehead atoms. The summed E-state index contributed by atoms with van der Waals surface area (Å²) >= 11 is 0. The van der Waals surface area contributed by atoms with Crippen molar-refractivity contribution in [3.63, 3.8) is 0 Å². The Hall–Kier alpha value is -1.87. The van der Waals surface area contributed by atoms with Gasteiger partial charge in [0.05, 0.1) is 0 Å². The zero-order chi connectivity index (χ0) is 13.8. The van der Waals surface area contributed by atoms with Crippen LogP contribution in [0.4, 0.5) is 5.82 Å². The van der Waals surface area contributed by atoms with Crippen LogP contribution in [-0.2, 0) is 0 Å². The Morgan fingerprint density at radius 1 is 1.11 bits per heavy atom. The molecule has 0 radical (unpaired) electrons. The molecule has 0 spiro atoms. The topological polar surface area (TPSA) is 45.2 Å². The van der Waals surface area contributed by atoms with Gasteiger partial charge in [0, 0.05) is 17.8 Å². The van der Waals surface area contributed by atoms with Gasteiger partial charge in [0.15, 0.2) is 0 Å². The predicted molar refractivity (Wildman–Crippen MR) is 78.2 cm³/mol. The SMILES string of the molecule is Cc1cc([C@H](O)c2ccccc2)cnc1NC(C)C. The summed E-state index contributed by atoms with van der Waals surface area (Å²) in [6.07, 6.45) is 1.11. The molecule has 3 heteroatoms. The Labute approximate surface area is 114 Å². The summed E-state index contributed by atoms with van der Waals surface area (Å²) < 4.78 is 0. The van der Waals surface area contributed by atoms with Crippen molar-refractivity contribution in [2.75, 3.05) is 5.32 Å². The number of anilines is 1. The average molecular weight is 256 g/mol. The van der Waals surface area contributed by atoms with E-state index in [1.165, 1.54) is 0 Å². The maximum Gasteiger partial charge on any atom is 0.129 e. The fraction of sp³-hybridized carbons (Fsp3) is 0.312. The molecule has 0 saturated heterocycles. The summed E-state index contributed by atoms with van der Waals surface area (Å²) in [6.45, 7) is 6.15. The zero-order valence-corrected chi connectivity index (χ0v) is 11.6. The fourth-order valence-corrected chi connectivity index (χ4v) is 2.00. The molecule has 100 valence electrons. The molecule has 19 heavy (non-hydrogen) atoms. The quantitative estimate of drug-likeness (QED) is 0.882. The molecule has 0 fully saturated rings. The molecule has 2 N–H and O–H groups in total. The van der Waals surface area contributed by atoms with Crippen LogP contribution in [0.25, 0.3) is 0 Å². The molecule has 0 unspecified atom stereocenters. The molecule has 1 heterocycles. The van der Waals surface area contributed by atoms with E-state index in [1.807, 2.05) is 43.3 Å². The number of hydrogen-bond donors (Lipinski definition) is 2. The first-order chi connectivity index (χ1) is 9.08. The summed E-state index contributed by atoms with van der Waals surface area (Å²) in [5.41, 5.74) is 2.74. The molecular weight excluding hydrogens is 236 g/mol. The molecule has 0 saturated carbocycles. The number of nitrogens with zero attached hydrogens (tertiary/aromatic N) is 1. The van der Waals surface area contributed by atoms with E-state index < -0.39 is 6.10 Å². The second-order valence-electron chi connectivity index (χ2n) is 5.05. The lowest BCUT2D eigenvalue weighted by Gasteiger charge is -2.15. The summed E-state index contributed by atoms with van der Waals surface area (Å²) in [5, 5.41) is 13.6. The first-order valence-electron chi connectivity index (χ1n) is 6.54. The van der Waals surface area contributed by atoms with Crippen LogP contribution in [0.2, 0.25) is 0 Å². The van der Waals surface area contributed by atoms with Gasteiger partial charge in [-0.1, -0.05) is 30.3 Å². The highest BCUT2D eigenvalue weighted by atomic mass is 16.3. The molecule has 0 aliphatic rings. The number of aromatic nitrogens is 1. The number of pyridine rings is 1. The third-order valence-corrected chi connectivity index (χ3v) is 2.96. The van der Waals surface area contributed by atoms with Crippen LogP contribution in [0.15, 0.2) is 42.6 Å². The van der Waals surface area contributed by atoms with E-state index in [1.54, 1.807) is 6.20 Å². The maximum absolute atomic E-state index is 10.3. The largest absolute Gasteiger partial charge is 0.384 e. The molecule has 1 aromatic heterocycles. The van der Waals surface area contributed by atoms with Crippen molar-refractivity contribution in [1.29, 1.82) is 0 Å². The zero-order valence-electron chi connectivity index (χ0n) is 11.6. The van der Waals surface area contributed by atoms with Crippen molar-refractivity contribution in [2.24, 2.45) is 0 Å². The van der Waals surface area contributed by atoms with E-state index in [-0.39, 0.29) is 0 Å². The average Bonchev–Trinajstić information content (AvgIpc) is 2.41. The minimum Gasteiger partial charge on any atom is -0.384 e. The Balaban J connectivity index is 2.25. The van der Waals surface area contributed by atoms with E-state index in [9.17, 15) is 5.11 Å². The maximum atomic E-state index is 10.3. The van der Waals surface area contributed by atoms with Crippen LogP contribution < -0.4 is 5.32 Å². The van der Waals surface area contributed by atoms with Gasteiger partial charge < -0.3 is 10.4 Å². The Morgan fingerprint density at radius 2 is 1.79 bits per heavy atom. The van der Waals surface area contributed by atoms with Crippen LogP contribution in [0.3, 0.4) is 0 Å². The number of aliphatic hydroxyl groups excluding tert-OH is 1. The Bertz CT molecular complexity index is 538. The van der Waals surface area contributed by atoms with Crippen LogP contribution >= 0.6 is 0 Å². The van der Waals surface area contributed by atoms with Crippen molar-refractivity contribution < 1.29 is 5.11 Å². The molecule has 1 aromatic carbocycles. The third-order valence-electron chi connectivity index (χ3n) is 2.96. The van der Waals surface area contributed by atoms with E-state index in [4.69, 9.17) is 0 Å². The number of aliphatic hydroxyl groups is 1. The minimum atomic E-state index is -0.625. The van der Waals surface area contributed by atoms with E-state index >= 15 is 0 Å². The van der Waals surface area contributed by atoms with Crippen LogP contribution in [0.5, 0.6) is 0 Å². The molecule has 0 aliphatic carbocycles. The van der Waals surface area contributed by atoms with E-state index in [0.29, 0.717) is 6.04 Å². The number of benzene rings is 1. The van der Waals surface area contributed by atoms with Gasteiger partial charge >= 0.3 is 0 Å². The Kier molecular flexibility index (Phi) is 4.17. The van der Waals surface area contributed by atoms with Crippen molar-refractivity contribution in [1.82, 2.24) is 4.98 Å². The van der Waals surface area contributed by atoms with Crippen molar-refractivity contribution in [2.45, 2.75) is 32.9 Å². The third kappa shape index (κ3) is 3.32. The number of aryl methyl sites for hydroxylation is 1. The molecular formula is C16H20N2O. The number of hydrogen-bond acceptors (Lipinski definition) is 3. The highest BCUT2D eigenvalue weighted by molar-refractivity contribution is 5.46. The van der Waals surface area contributed by atoms with Crippen LogP contribution in [-0.4, -0.2) is 16.1 Å². The number of nitrogens with one attached hydrogen (secondary N) is 1. The lowest BCUT2D eigenvalue weighted by Crippen LogP contribution is -2.12. The minimum absolute atomic E-state index is 0.344. The lowest BCUT2D eigenvalue weighted by atomic mass is 10.0. The predicted octanol–water partition coefficient (Wildman–Crippen LogP) is 3.29. The van der Waals surface area contributed by atoms with Crippen molar-refractivity contribution in [3.05, 3.63) is 59.3 Å². The fourth-order valence-electron chi connectivity index (χ4n) is 2.00. The van der Waals surface area contributed by atoms with Gasteiger partial charge in [0.2, 0.25) is 0 Å². The molecule has 0 aliphatic heterocycles. The first kappa shape index (κ1) is 13.6. The Morgan fingerprint density at radius 3 is 2.37 bits per heavy atom. The monoisotopic (exact) mass is 256 g/mol. The number of rotatable bonds is 4. The molecule has 1 atom stereocenters. The first-order valence-corrected chi connectivity index (χ1v) is 6.54. The smallest absolute Gasteiger partial charge is 0.129 e. The van der Waals surface area contributed by atoms with Gasteiger partial charge in [0.25, 0.3) is 0 Å². The van der Waals surface area contributed by atoms with Gasteiger partial charge in [-0.3, -0.25) is 0 Å². The van der Waals surface area contributed by atoms with Gasteiger partial charge in [0.1, 0.15) is 11.9 Å². The molecule has 3 nitrogen and oxygen atoms in total. The molecule has 2 aromatic rings. The highest BCUT2D eigenvalue weighted by Crippen LogP contribution is 2.24. The van der Waals surface area contributed by atoms with Gasteiger partial charge in [-0.2, -0.15) is 0 Å². The van der Waals surface area contributed by atoms with Gasteiger partial charge in [-0.15, -0.1) is 0 Å². The van der Waals surface area contributed by atoms with Crippen molar-refractivity contribution in [3.8, 4) is 0 Å². The summed E-state index contributed by atoms with van der Waals surface area (Å²) in [7, 11) is 0. The van der Waals surface area contributed by atoms with E-state index in [2.05, 4.69) is 24.1 Å². The molecule has 2 rings (SSSR count). The van der Waals surface area contributed by atoms with Crippen LogP contribution in [0.1, 0.15) is 36.6 Å². The van der Waals surface area contributed by atoms with Gasteiger partial charge in [-0.05, 0) is 38.0 Å². The summed E-state index contributed by atoms with van der Waals surface area (Å²) in [4.78, 5) is 4.39. The molecule has 0 amide bonds. The highest BCUT2D eigenvalue weighted by Gasteiger charge is 2.12. The summed E-state index contributed by atoms with van der Waals surface area (Å²) in [6, 6.07) is 11.9. The lowest BCUT2D eigenvalue weighted by molar-refractivity contribution is 0.220. The second-order valence-corrected chi connectivity index (χ2v) is 5.05. The van der Waals surface area contributed by atoms with Crippen LogP contribution in [0, 0.1) is 6.92 Å². The van der Waals surface area contributed by atoms with Gasteiger partial charge in [-0.25, -0.2) is 4.98 Å². The summed E-state index contributed by atoms with van der Waals surface area (Å²) in [5.74, 6) is 0.874. The van der Waals surface area contributed by atoms with Crippen molar-refractivity contribution >= 4 is 5.82 Å². The standard InChI is InChI=1S/C16H20N2O/c1-11(2)18-16-12(3)9-14(10-17-16)15(19)13-7-5-4-6-8-13/h4-11,15,19H,1-3H3,(H,17,18)/t15-/m1/s1.